The topological polar surface area (TPSA) is 128 Å². The molecule has 0 radical (unpaired) electrons. The summed E-state index contributed by atoms with van der Waals surface area (Å²) in [5, 5.41) is 22.9. The number of aromatic hydroxyl groups is 1. The summed E-state index contributed by atoms with van der Waals surface area (Å²) in [4.78, 5) is 21.8. The van der Waals surface area contributed by atoms with E-state index in [9.17, 15) is 15.2 Å². The third-order valence-electron chi connectivity index (χ3n) is 4.91. The Morgan fingerprint density at radius 2 is 2.32 bits per heavy atom. The molecule has 2 aromatic rings. The molecule has 4 N–H and O–H groups in total. The average Bonchev–Trinajstić information content (AvgIpc) is 2.99. The molecule has 0 bridgehead atoms. The lowest BCUT2D eigenvalue weighted by atomic mass is 9.95. The van der Waals surface area contributed by atoms with Crippen molar-refractivity contribution in [2.24, 2.45) is 4.99 Å². The van der Waals surface area contributed by atoms with Crippen LogP contribution in [0.25, 0.3) is 11.1 Å². The molecular weight excluding hydrogens is 356 g/mol. The van der Waals surface area contributed by atoms with Crippen molar-refractivity contribution >= 4 is 23.8 Å². The summed E-state index contributed by atoms with van der Waals surface area (Å²) >= 11 is 0. The maximum atomic E-state index is 11.7. The largest absolute Gasteiger partial charge is 0.508 e. The van der Waals surface area contributed by atoms with Crippen LogP contribution in [0.1, 0.15) is 24.0 Å². The number of nitriles is 1. The zero-order valence-electron chi connectivity index (χ0n) is 15.8. The van der Waals surface area contributed by atoms with Gasteiger partial charge in [0.05, 0.1) is 0 Å². The monoisotopic (exact) mass is 378 g/mol. The number of nitrogen functional groups attached to an aromatic ring is 1. The first-order valence-electron chi connectivity index (χ1n) is 8.91. The molecule has 1 amide bonds. The molecule has 2 heterocycles. The van der Waals surface area contributed by atoms with Crippen LogP contribution in [0.15, 0.2) is 29.3 Å². The number of likely N-dealkylation sites (N-methyl/N-ethyl adjacent to an activating group) is 1. The van der Waals surface area contributed by atoms with Crippen LogP contribution in [0.2, 0.25) is 0 Å². The molecule has 1 atom stereocenters. The minimum absolute atomic E-state index is 0.0307. The van der Waals surface area contributed by atoms with Gasteiger partial charge in [0.15, 0.2) is 0 Å². The maximum Gasteiger partial charge on any atom is 0.222 e. The van der Waals surface area contributed by atoms with E-state index < -0.39 is 0 Å². The Kier molecular flexibility index (Phi) is 5.45. The number of nitrogens with two attached hydrogens (primary N) is 1. The van der Waals surface area contributed by atoms with Crippen molar-refractivity contribution in [1.29, 1.82) is 5.26 Å². The van der Waals surface area contributed by atoms with Crippen LogP contribution >= 0.6 is 0 Å². The van der Waals surface area contributed by atoms with E-state index >= 15 is 0 Å². The summed E-state index contributed by atoms with van der Waals surface area (Å²) in [6.45, 7) is 0.462. The van der Waals surface area contributed by atoms with E-state index in [4.69, 9.17) is 5.73 Å². The number of aromatic nitrogens is 1. The number of phenolic OH excluding ortho intramolecular Hbond substituents is 1. The fourth-order valence-corrected chi connectivity index (χ4v) is 3.39. The van der Waals surface area contributed by atoms with Crippen LogP contribution in [0.5, 0.6) is 5.75 Å². The number of amides is 1. The SMILES string of the molecule is CN=Cc1c(N)nc(NCC2CCC(=O)N2C)c(C#N)c1-c1cccc(O)c1. The van der Waals surface area contributed by atoms with E-state index in [2.05, 4.69) is 21.4 Å². The second-order valence-corrected chi connectivity index (χ2v) is 6.64. The molecular formula is C20H22N6O2. The van der Waals surface area contributed by atoms with E-state index in [1.54, 1.807) is 49.5 Å². The van der Waals surface area contributed by atoms with E-state index in [0.29, 0.717) is 41.0 Å². The van der Waals surface area contributed by atoms with Gasteiger partial charge >= 0.3 is 0 Å². The van der Waals surface area contributed by atoms with Crippen LogP contribution in [-0.2, 0) is 4.79 Å². The molecule has 28 heavy (non-hydrogen) atoms. The number of aliphatic imine (C=N–C) groups is 1. The Balaban J connectivity index is 2.07. The van der Waals surface area contributed by atoms with Crippen LogP contribution in [0.3, 0.4) is 0 Å². The molecule has 144 valence electrons. The standard InChI is InChI=1S/C20H22N6O2/c1-23-11-16-18(12-4-3-5-14(27)8-12)15(9-21)20(25-19(16)22)24-10-13-6-7-17(28)26(13)2/h3-5,8,11,13,27H,6-7,10H2,1-2H3,(H3,22,24,25). The van der Waals surface area contributed by atoms with Crippen molar-refractivity contribution in [2.45, 2.75) is 18.9 Å². The molecule has 1 fully saturated rings. The lowest BCUT2D eigenvalue weighted by Gasteiger charge is -2.22. The maximum absolute atomic E-state index is 11.7. The lowest BCUT2D eigenvalue weighted by molar-refractivity contribution is -0.127. The van der Waals surface area contributed by atoms with Crippen molar-refractivity contribution in [3.63, 3.8) is 0 Å². The van der Waals surface area contributed by atoms with Gasteiger partial charge in [0, 0.05) is 50.4 Å². The number of pyridine rings is 1. The minimum Gasteiger partial charge on any atom is -0.508 e. The summed E-state index contributed by atoms with van der Waals surface area (Å²) in [6.07, 6.45) is 2.82. The second-order valence-electron chi connectivity index (χ2n) is 6.64. The average molecular weight is 378 g/mol. The van der Waals surface area contributed by atoms with Gasteiger partial charge in [-0.25, -0.2) is 4.98 Å². The predicted molar refractivity (Wildman–Crippen MR) is 108 cm³/mol. The van der Waals surface area contributed by atoms with E-state index in [0.717, 1.165) is 6.42 Å². The van der Waals surface area contributed by atoms with Crippen molar-refractivity contribution in [3.8, 4) is 22.9 Å². The third kappa shape index (κ3) is 3.60. The number of rotatable bonds is 5. The number of likely N-dealkylation sites (tertiary alicyclic amines) is 1. The molecule has 1 aromatic carbocycles. The molecule has 8 heteroatoms. The first-order valence-corrected chi connectivity index (χ1v) is 8.91. The van der Waals surface area contributed by atoms with Gasteiger partial charge in [-0.3, -0.25) is 9.79 Å². The second kappa shape index (κ2) is 7.96. The van der Waals surface area contributed by atoms with Crippen LogP contribution < -0.4 is 11.1 Å². The Labute approximate surface area is 163 Å². The number of phenols is 1. The first kappa shape index (κ1) is 19.2. The van der Waals surface area contributed by atoms with Gasteiger partial charge in [-0.2, -0.15) is 5.26 Å². The number of hydrogen-bond acceptors (Lipinski definition) is 7. The number of nitrogens with zero attached hydrogens (tertiary/aromatic N) is 4. The number of nitrogens with one attached hydrogen (secondary N) is 1. The molecule has 1 aliphatic heterocycles. The molecule has 1 unspecified atom stereocenters. The number of benzene rings is 1. The van der Waals surface area contributed by atoms with Crippen molar-refractivity contribution in [1.82, 2.24) is 9.88 Å². The van der Waals surface area contributed by atoms with Gasteiger partial charge < -0.3 is 21.1 Å². The van der Waals surface area contributed by atoms with Gasteiger partial charge in [0.2, 0.25) is 5.91 Å². The van der Waals surface area contributed by atoms with Gasteiger partial charge in [-0.05, 0) is 24.1 Å². The van der Waals surface area contributed by atoms with Gasteiger partial charge in [0.25, 0.3) is 0 Å². The lowest BCUT2D eigenvalue weighted by Crippen LogP contribution is -2.34. The first-order chi connectivity index (χ1) is 13.5. The third-order valence-corrected chi connectivity index (χ3v) is 4.91. The molecule has 1 saturated heterocycles. The van der Waals surface area contributed by atoms with Gasteiger partial charge in [-0.15, -0.1) is 0 Å². The van der Waals surface area contributed by atoms with Crippen molar-refractivity contribution in [2.75, 3.05) is 31.7 Å². The van der Waals surface area contributed by atoms with E-state index in [1.165, 1.54) is 0 Å². The zero-order chi connectivity index (χ0) is 20.3. The summed E-state index contributed by atoms with van der Waals surface area (Å²) < 4.78 is 0. The predicted octanol–water partition coefficient (Wildman–Crippen LogP) is 1.99. The molecule has 0 aliphatic carbocycles. The smallest absolute Gasteiger partial charge is 0.222 e. The molecule has 0 spiro atoms. The fourth-order valence-electron chi connectivity index (χ4n) is 3.39. The van der Waals surface area contributed by atoms with Gasteiger partial charge in [0.1, 0.15) is 29.0 Å². The van der Waals surface area contributed by atoms with Crippen LogP contribution in [0, 0.1) is 11.3 Å². The Bertz CT molecular complexity index is 979. The van der Waals surface area contributed by atoms with Crippen molar-refractivity contribution in [3.05, 3.63) is 35.4 Å². The Morgan fingerprint density at radius 1 is 1.54 bits per heavy atom. The molecule has 1 aromatic heterocycles. The van der Waals surface area contributed by atoms with Gasteiger partial charge in [-0.1, -0.05) is 12.1 Å². The summed E-state index contributed by atoms with van der Waals surface area (Å²) in [7, 11) is 3.38. The fraction of sp³-hybridized carbons (Fsp3) is 0.300. The zero-order valence-corrected chi connectivity index (χ0v) is 15.8. The van der Waals surface area contributed by atoms with Crippen molar-refractivity contribution < 1.29 is 9.90 Å². The Morgan fingerprint density at radius 3 is 2.93 bits per heavy atom. The minimum atomic E-state index is 0.0307. The molecule has 1 aliphatic rings. The summed E-state index contributed by atoms with van der Waals surface area (Å²) in [5.41, 5.74) is 8.17. The number of hydrogen-bond donors (Lipinski definition) is 3. The quantitative estimate of drug-likeness (QED) is 0.683. The number of carbonyl (C=O) groups is 1. The van der Waals surface area contributed by atoms with Crippen LogP contribution in [-0.4, -0.2) is 53.8 Å². The molecule has 8 nitrogen and oxygen atoms in total. The highest BCUT2D eigenvalue weighted by atomic mass is 16.3. The molecule has 3 rings (SSSR count). The highest BCUT2D eigenvalue weighted by Crippen LogP contribution is 2.35. The summed E-state index contributed by atoms with van der Waals surface area (Å²) in [6, 6.07) is 8.83. The highest BCUT2D eigenvalue weighted by molar-refractivity contribution is 5.99. The van der Waals surface area contributed by atoms with Crippen LogP contribution in [0.4, 0.5) is 11.6 Å². The van der Waals surface area contributed by atoms with E-state index in [1.807, 2.05) is 0 Å². The summed E-state index contributed by atoms with van der Waals surface area (Å²) in [5.74, 6) is 0.757. The Hall–Kier alpha value is -3.60. The highest BCUT2D eigenvalue weighted by Gasteiger charge is 2.28. The normalized spacial score (nSPS) is 16.5. The van der Waals surface area contributed by atoms with E-state index in [-0.39, 0.29) is 23.5 Å². The molecule has 0 saturated carbocycles. The number of anilines is 2. The number of carbonyl (C=O) groups excluding carboxylic acids is 1.